The standard InChI is InChI=1S/C23H31F3N4O2/c1-13(2)20-14(3)27-19-11-18(15-6-8-17(9-7-15)23(24,25)26)28-30(19)21(20)29-10-4-5-16(12-29)22(31)32/h11,13,15-17H,4-10,12H2,1-3H3,(H,31,32)/t15?,16-,17?/m1/s1. The molecule has 2 aromatic heterocycles. The zero-order valence-electron chi connectivity index (χ0n) is 18.8. The van der Waals surface area contributed by atoms with Crippen LogP contribution in [0.1, 0.15) is 81.2 Å². The van der Waals surface area contributed by atoms with Crippen molar-refractivity contribution < 1.29 is 23.1 Å². The fraction of sp³-hybridized carbons (Fsp3) is 0.696. The Morgan fingerprint density at radius 2 is 1.88 bits per heavy atom. The summed E-state index contributed by atoms with van der Waals surface area (Å²) < 4.78 is 41.0. The first-order valence-corrected chi connectivity index (χ1v) is 11.5. The van der Waals surface area contributed by atoms with Gasteiger partial charge in [-0.15, -0.1) is 0 Å². The van der Waals surface area contributed by atoms with Crippen LogP contribution < -0.4 is 4.90 Å². The van der Waals surface area contributed by atoms with Gasteiger partial charge >= 0.3 is 12.1 Å². The maximum Gasteiger partial charge on any atom is 0.391 e. The minimum absolute atomic E-state index is 0.0147. The van der Waals surface area contributed by atoms with E-state index in [9.17, 15) is 23.1 Å². The van der Waals surface area contributed by atoms with E-state index in [1.165, 1.54) is 0 Å². The monoisotopic (exact) mass is 452 g/mol. The Hall–Kier alpha value is -2.32. The van der Waals surface area contributed by atoms with Crippen molar-refractivity contribution in [1.29, 1.82) is 0 Å². The van der Waals surface area contributed by atoms with Crippen LogP contribution in [0.2, 0.25) is 0 Å². The predicted molar refractivity (Wildman–Crippen MR) is 115 cm³/mol. The number of alkyl halides is 3. The molecule has 1 saturated heterocycles. The molecule has 4 rings (SSSR count). The average molecular weight is 453 g/mol. The number of carboxylic acids is 1. The van der Waals surface area contributed by atoms with E-state index < -0.39 is 24.0 Å². The van der Waals surface area contributed by atoms with Gasteiger partial charge in [0.05, 0.1) is 17.5 Å². The molecule has 176 valence electrons. The molecule has 1 aliphatic carbocycles. The lowest BCUT2D eigenvalue weighted by atomic mass is 9.80. The Bertz CT molecular complexity index is 993. The van der Waals surface area contributed by atoms with Gasteiger partial charge in [0.1, 0.15) is 5.82 Å². The van der Waals surface area contributed by atoms with Crippen LogP contribution in [0, 0.1) is 18.8 Å². The summed E-state index contributed by atoms with van der Waals surface area (Å²) in [6.45, 7) is 7.29. The van der Waals surface area contributed by atoms with E-state index in [-0.39, 0.29) is 24.7 Å². The van der Waals surface area contributed by atoms with Gasteiger partial charge in [0, 0.05) is 36.3 Å². The number of carboxylic acid groups (broad SMARTS) is 1. The summed E-state index contributed by atoms with van der Waals surface area (Å²) in [6, 6.07) is 1.90. The number of halogens is 3. The maximum absolute atomic E-state index is 13.1. The second-order valence-electron chi connectivity index (χ2n) is 9.64. The molecule has 32 heavy (non-hydrogen) atoms. The van der Waals surface area contributed by atoms with Gasteiger partial charge in [-0.1, -0.05) is 13.8 Å². The van der Waals surface area contributed by atoms with Crippen molar-refractivity contribution in [2.45, 2.75) is 77.3 Å². The van der Waals surface area contributed by atoms with Gasteiger partial charge in [-0.05, 0) is 51.4 Å². The summed E-state index contributed by atoms with van der Waals surface area (Å²) in [5.74, 6) is -1.41. The molecule has 2 aromatic rings. The summed E-state index contributed by atoms with van der Waals surface area (Å²) in [5.41, 5.74) is 3.38. The van der Waals surface area contributed by atoms with Crippen LogP contribution in [0.15, 0.2) is 6.07 Å². The van der Waals surface area contributed by atoms with Crippen LogP contribution in [0.4, 0.5) is 19.0 Å². The van der Waals surface area contributed by atoms with E-state index in [4.69, 9.17) is 10.1 Å². The molecular weight excluding hydrogens is 421 g/mol. The number of nitrogens with zero attached hydrogens (tertiary/aromatic N) is 4. The number of aromatic nitrogens is 3. The number of piperidine rings is 1. The Labute approximate surface area is 185 Å². The first-order chi connectivity index (χ1) is 15.1. The number of hydrogen-bond donors (Lipinski definition) is 1. The first-order valence-electron chi connectivity index (χ1n) is 11.5. The Morgan fingerprint density at radius 3 is 2.47 bits per heavy atom. The van der Waals surface area contributed by atoms with E-state index in [2.05, 4.69) is 18.7 Å². The summed E-state index contributed by atoms with van der Waals surface area (Å²) in [5, 5.41) is 14.4. The van der Waals surface area contributed by atoms with E-state index >= 15 is 0 Å². The fourth-order valence-electron chi connectivity index (χ4n) is 5.40. The van der Waals surface area contributed by atoms with Crippen molar-refractivity contribution in [2.75, 3.05) is 18.0 Å². The lowest BCUT2D eigenvalue weighted by molar-refractivity contribution is -0.182. The molecule has 0 aromatic carbocycles. The molecule has 2 fully saturated rings. The number of fused-ring (bicyclic) bond motifs is 1. The van der Waals surface area contributed by atoms with Gasteiger partial charge in [0.25, 0.3) is 0 Å². The Balaban J connectivity index is 1.71. The van der Waals surface area contributed by atoms with Crippen LogP contribution in [-0.2, 0) is 4.79 Å². The van der Waals surface area contributed by atoms with Gasteiger partial charge in [0.15, 0.2) is 5.65 Å². The number of aliphatic carboxylic acids is 1. The highest BCUT2D eigenvalue weighted by Crippen LogP contribution is 2.43. The van der Waals surface area contributed by atoms with E-state index in [0.29, 0.717) is 31.5 Å². The van der Waals surface area contributed by atoms with Gasteiger partial charge in [0.2, 0.25) is 0 Å². The van der Waals surface area contributed by atoms with Gasteiger partial charge in [-0.3, -0.25) is 4.79 Å². The summed E-state index contributed by atoms with van der Waals surface area (Å²) in [7, 11) is 0. The van der Waals surface area contributed by atoms with Crippen molar-refractivity contribution in [3.63, 3.8) is 0 Å². The highest BCUT2D eigenvalue weighted by Gasteiger charge is 2.42. The smallest absolute Gasteiger partial charge is 0.391 e. The molecule has 2 aliphatic rings. The van der Waals surface area contributed by atoms with Crippen LogP contribution in [0.3, 0.4) is 0 Å². The minimum Gasteiger partial charge on any atom is -0.481 e. The summed E-state index contributed by atoms with van der Waals surface area (Å²) in [6.07, 6.45) is -1.50. The molecule has 0 unspecified atom stereocenters. The summed E-state index contributed by atoms with van der Waals surface area (Å²) >= 11 is 0. The molecule has 0 spiro atoms. The van der Waals surface area contributed by atoms with Gasteiger partial charge in [-0.2, -0.15) is 22.8 Å². The van der Waals surface area contributed by atoms with Gasteiger partial charge in [-0.25, -0.2) is 4.98 Å². The number of hydrogen-bond acceptors (Lipinski definition) is 4. The molecule has 3 heterocycles. The van der Waals surface area contributed by atoms with Crippen LogP contribution >= 0.6 is 0 Å². The van der Waals surface area contributed by atoms with E-state index in [1.807, 2.05) is 13.0 Å². The van der Waals surface area contributed by atoms with Crippen molar-refractivity contribution in [2.24, 2.45) is 11.8 Å². The molecule has 9 heteroatoms. The number of carbonyl (C=O) groups is 1. The highest BCUT2D eigenvalue weighted by molar-refractivity contribution is 5.71. The molecule has 1 atom stereocenters. The molecule has 0 amide bonds. The van der Waals surface area contributed by atoms with Crippen LogP contribution in [0.25, 0.3) is 5.65 Å². The second-order valence-corrected chi connectivity index (χ2v) is 9.64. The molecule has 1 saturated carbocycles. The highest BCUT2D eigenvalue weighted by atomic mass is 19.4. The fourth-order valence-corrected chi connectivity index (χ4v) is 5.40. The number of rotatable bonds is 4. The van der Waals surface area contributed by atoms with Crippen molar-refractivity contribution >= 4 is 17.4 Å². The molecule has 6 nitrogen and oxygen atoms in total. The molecule has 0 bridgehead atoms. The van der Waals surface area contributed by atoms with Gasteiger partial charge < -0.3 is 10.0 Å². The molecular formula is C23H31F3N4O2. The normalized spacial score (nSPS) is 25.0. The average Bonchev–Trinajstić information content (AvgIpc) is 3.15. The quantitative estimate of drug-likeness (QED) is 0.682. The zero-order chi connectivity index (χ0) is 23.2. The lowest BCUT2D eigenvalue weighted by Crippen LogP contribution is -2.40. The van der Waals surface area contributed by atoms with E-state index in [0.717, 1.165) is 35.7 Å². The molecule has 0 radical (unpaired) electrons. The van der Waals surface area contributed by atoms with Crippen LogP contribution in [-0.4, -0.2) is 44.9 Å². The zero-order valence-corrected chi connectivity index (χ0v) is 18.8. The SMILES string of the molecule is Cc1nc2cc(C3CCC(C(F)(F)F)CC3)nn2c(N2CCC[C@@H](C(=O)O)C2)c1C(C)C. The lowest BCUT2D eigenvalue weighted by Gasteiger charge is -2.34. The number of anilines is 1. The molecule has 1 aliphatic heterocycles. The third-order valence-electron chi connectivity index (χ3n) is 7.08. The Morgan fingerprint density at radius 1 is 1.19 bits per heavy atom. The predicted octanol–water partition coefficient (Wildman–Crippen LogP) is 5.30. The maximum atomic E-state index is 13.1. The van der Waals surface area contributed by atoms with Crippen molar-refractivity contribution in [3.8, 4) is 0 Å². The number of aryl methyl sites for hydroxylation is 1. The molecule has 1 N–H and O–H groups in total. The topological polar surface area (TPSA) is 70.7 Å². The Kier molecular flexibility index (Phi) is 6.11. The largest absolute Gasteiger partial charge is 0.481 e. The second kappa shape index (κ2) is 8.56. The summed E-state index contributed by atoms with van der Waals surface area (Å²) in [4.78, 5) is 18.5. The minimum atomic E-state index is -4.13. The van der Waals surface area contributed by atoms with Crippen molar-refractivity contribution in [3.05, 3.63) is 23.0 Å². The van der Waals surface area contributed by atoms with Crippen LogP contribution in [0.5, 0.6) is 0 Å². The third-order valence-corrected chi connectivity index (χ3v) is 7.08. The first kappa shape index (κ1) is 22.9. The third kappa shape index (κ3) is 4.30. The van der Waals surface area contributed by atoms with E-state index in [1.54, 1.807) is 4.52 Å². The van der Waals surface area contributed by atoms with Crippen molar-refractivity contribution in [1.82, 2.24) is 14.6 Å².